The molecule has 1 unspecified atom stereocenters. The summed E-state index contributed by atoms with van der Waals surface area (Å²) >= 11 is 5.72. The van der Waals surface area contributed by atoms with Crippen molar-refractivity contribution >= 4 is 11.6 Å². The lowest BCUT2D eigenvalue weighted by molar-refractivity contribution is 0.312. The maximum absolute atomic E-state index is 5.72. The fourth-order valence-electron chi connectivity index (χ4n) is 1.40. The molecule has 1 rings (SSSR count). The van der Waals surface area contributed by atoms with Crippen LogP contribution in [-0.4, -0.2) is 0 Å². The van der Waals surface area contributed by atoms with Crippen LogP contribution in [0.3, 0.4) is 0 Å². The molecule has 0 fully saturated rings. The molecule has 0 aliphatic rings. The quantitative estimate of drug-likeness (QED) is 0.617. The standard InChI is InChI=1S/C11H19ClN2O/c1-11(2,3)7-6-8(14-13)9-4-5-10(12)15-9/h4-5,8,14H,6-7,13H2,1-3H3. The van der Waals surface area contributed by atoms with Crippen molar-refractivity contribution < 1.29 is 4.42 Å². The van der Waals surface area contributed by atoms with Gasteiger partial charge in [0.1, 0.15) is 5.76 Å². The summed E-state index contributed by atoms with van der Waals surface area (Å²) in [5.74, 6) is 6.29. The Labute approximate surface area is 95.9 Å². The number of halogens is 1. The van der Waals surface area contributed by atoms with Crippen molar-refractivity contribution in [3.8, 4) is 0 Å². The Bertz CT molecular complexity index is 304. The van der Waals surface area contributed by atoms with E-state index in [0.29, 0.717) is 10.6 Å². The molecular formula is C11H19ClN2O. The van der Waals surface area contributed by atoms with Crippen LogP contribution >= 0.6 is 11.6 Å². The van der Waals surface area contributed by atoms with Gasteiger partial charge in [-0.15, -0.1) is 0 Å². The monoisotopic (exact) mass is 230 g/mol. The minimum absolute atomic E-state index is 0.0386. The van der Waals surface area contributed by atoms with Crippen molar-refractivity contribution in [1.29, 1.82) is 0 Å². The van der Waals surface area contributed by atoms with Crippen LogP contribution in [0.5, 0.6) is 0 Å². The van der Waals surface area contributed by atoms with Crippen LogP contribution in [0, 0.1) is 5.41 Å². The summed E-state index contributed by atoms with van der Waals surface area (Å²) in [6.45, 7) is 6.61. The maximum Gasteiger partial charge on any atom is 0.193 e. The highest BCUT2D eigenvalue weighted by atomic mass is 35.5. The smallest absolute Gasteiger partial charge is 0.193 e. The van der Waals surface area contributed by atoms with Gasteiger partial charge in [0.25, 0.3) is 0 Å². The van der Waals surface area contributed by atoms with Gasteiger partial charge in [-0.25, -0.2) is 5.43 Å². The second-order valence-electron chi connectivity index (χ2n) is 4.96. The zero-order chi connectivity index (χ0) is 11.5. The van der Waals surface area contributed by atoms with Crippen LogP contribution in [-0.2, 0) is 0 Å². The minimum Gasteiger partial charge on any atom is -0.448 e. The van der Waals surface area contributed by atoms with Gasteiger partial charge in [-0.3, -0.25) is 5.84 Å². The van der Waals surface area contributed by atoms with Crippen LogP contribution in [0.1, 0.15) is 45.4 Å². The summed E-state index contributed by atoms with van der Waals surface area (Å²) in [6.07, 6.45) is 2.00. The van der Waals surface area contributed by atoms with E-state index in [9.17, 15) is 0 Å². The molecule has 3 N–H and O–H groups in total. The molecule has 0 aliphatic heterocycles. The third-order valence-corrected chi connectivity index (χ3v) is 2.52. The van der Waals surface area contributed by atoms with Gasteiger partial charge in [0.2, 0.25) is 0 Å². The highest BCUT2D eigenvalue weighted by Gasteiger charge is 2.18. The molecule has 0 aromatic carbocycles. The van der Waals surface area contributed by atoms with Gasteiger partial charge >= 0.3 is 0 Å². The molecule has 1 heterocycles. The zero-order valence-corrected chi connectivity index (χ0v) is 10.3. The number of furan rings is 1. The normalized spacial score (nSPS) is 14.2. The first-order chi connectivity index (χ1) is 6.92. The Hall–Kier alpha value is -0.510. The summed E-state index contributed by atoms with van der Waals surface area (Å²) in [7, 11) is 0. The molecule has 4 heteroatoms. The molecule has 0 bridgehead atoms. The first-order valence-electron chi connectivity index (χ1n) is 5.14. The molecule has 0 amide bonds. The molecule has 1 atom stereocenters. The molecule has 0 spiro atoms. The number of nitrogens with two attached hydrogens (primary N) is 1. The number of rotatable bonds is 4. The summed E-state index contributed by atoms with van der Waals surface area (Å²) in [5.41, 5.74) is 3.05. The fourth-order valence-corrected chi connectivity index (χ4v) is 1.55. The van der Waals surface area contributed by atoms with Crippen molar-refractivity contribution in [2.75, 3.05) is 0 Å². The SMILES string of the molecule is CC(C)(C)CCC(NN)c1ccc(Cl)o1. The number of hydrogen-bond acceptors (Lipinski definition) is 3. The lowest BCUT2D eigenvalue weighted by Gasteiger charge is -2.21. The highest BCUT2D eigenvalue weighted by molar-refractivity contribution is 6.28. The first kappa shape index (κ1) is 12.6. The van der Waals surface area contributed by atoms with Crippen molar-refractivity contribution in [1.82, 2.24) is 5.43 Å². The number of nitrogens with one attached hydrogen (secondary N) is 1. The van der Waals surface area contributed by atoms with Crippen LogP contribution in [0.25, 0.3) is 0 Å². The van der Waals surface area contributed by atoms with Crippen LogP contribution in [0.2, 0.25) is 5.22 Å². The largest absolute Gasteiger partial charge is 0.448 e. The van der Waals surface area contributed by atoms with Crippen molar-refractivity contribution in [2.45, 2.75) is 39.7 Å². The van der Waals surface area contributed by atoms with Crippen molar-refractivity contribution in [2.24, 2.45) is 11.3 Å². The molecule has 3 nitrogen and oxygen atoms in total. The summed E-state index contributed by atoms with van der Waals surface area (Å²) in [4.78, 5) is 0. The van der Waals surface area contributed by atoms with E-state index in [1.165, 1.54) is 0 Å². The molecule has 0 saturated heterocycles. The Balaban J connectivity index is 2.57. The predicted octanol–water partition coefficient (Wildman–Crippen LogP) is 3.26. The van der Waals surface area contributed by atoms with Crippen molar-refractivity contribution in [3.63, 3.8) is 0 Å². The summed E-state index contributed by atoms with van der Waals surface area (Å²) in [5, 5.41) is 0.404. The number of hydrogen-bond donors (Lipinski definition) is 2. The highest BCUT2D eigenvalue weighted by Crippen LogP contribution is 2.28. The second-order valence-corrected chi connectivity index (χ2v) is 5.33. The van der Waals surface area contributed by atoms with E-state index in [1.807, 2.05) is 6.07 Å². The van der Waals surface area contributed by atoms with Crippen LogP contribution < -0.4 is 11.3 Å². The van der Waals surface area contributed by atoms with Gasteiger partial charge in [0.15, 0.2) is 5.22 Å². The molecule has 0 aliphatic carbocycles. The summed E-state index contributed by atoms with van der Waals surface area (Å²) < 4.78 is 5.32. The molecule has 86 valence electrons. The molecule has 0 radical (unpaired) electrons. The lowest BCUT2D eigenvalue weighted by atomic mass is 9.88. The van der Waals surface area contributed by atoms with Gasteiger partial charge in [0, 0.05) is 0 Å². The third kappa shape index (κ3) is 4.24. The second kappa shape index (κ2) is 5.01. The Morgan fingerprint density at radius 1 is 1.47 bits per heavy atom. The average Bonchev–Trinajstić information content (AvgIpc) is 2.51. The molecule has 1 aromatic rings. The predicted molar refractivity (Wildman–Crippen MR) is 62.5 cm³/mol. The van der Waals surface area contributed by atoms with E-state index < -0.39 is 0 Å². The molecule has 1 aromatic heterocycles. The molecule has 15 heavy (non-hydrogen) atoms. The molecule has 0 saturated carbocycles. The van der Waals surface area contributed by atoms with E-state index in [1.54, 1.807) is 6.07 Å². The van der Waals surface area contributed by atoms with Gasteiger partial charge in [-0.2, -0.15) is 0 Å². The number of hydrazine groups is 1. The van der Waals surface area contributed by atoms with Gasteiger partial charge in [-0.05, 0) is 42.0 Å². The summed E-state index contributed by atoms with van der Waals surface area (Å²) in [6, 6.07) is 3.63. The lowest BCUT2D eigenvalue weighted by Crippen LogP contribution is -2.28. The first-order valence-corrected chi connectivity index (χ1v) is 5.51. The van der Waals surface area contributed by atoms with E-state index in [-0.39, 0.29) is 6.04 Å². The van der Waals surface area contributed by atoms with Gasteiger partial charge in [0.05, 0.1) is 6.04 Å². The topological polar surface area (TPSA) is 51.2 Å². The van der Waals surface area contributed by atoms with Gasteiger partial charge in [-0.1, -0.05) is 20.8 Å². The third-order valence-electron chi connectivity index (χ3n) is 2.32. The van der Waals surface area contributed by atoms with Crippen LogP contribution in [0.4, 0.5) is 0 Å². The maximum atomic E-state index is 5.72. The van der Waals surface area contributed by atoms with E-state index in [4.69, 9.17) is 21.9 Å². The Kier molecular flexibility index (Phi) is 4.20. The van der Waals surface area contributed by atoms with E-state index in [0.717, 1.165) is 18.6 Å². The fraction of sp³-hybridized carbons (Fsp3) is 0.636. The van der Waals surface area contributed by atoms with E-state index in [2.05, 4.69) is 26.2 Å². The Morgan fingerprint density at radius 2 is 2.13 bits per heavy atom. The van der Waals surface area contributed by atoms with Crippen LogP contribution in [0.15, 0.2) is 16.5 Å². The minimum atomic E-state index is 0.0386. The Morgan fingerprint density at radius 3 is 2.53 bits per heavy atom. The van der Waals surface area contributed by atoms with E-state index >= 15 is 0 Å². The zero-order valence-electron chi connectivity index (χ0n) is 9.51. The molecular weight excluding hydrogens is 212 g/mol. The van der Waals surface area contributed by atoms with Crippen molar-refractivity contribution in [3.05, 3.63) is 23.1 Å². The van der Waals surface area contributed by atoms with Gasteiger partial charge < -0.3 is 4.42 Å². The average molecular weight is 231 g/mol.